The first-order valence-electron chi connectivity index (χ1n) is 19.5. The van der Waals surface area contributed by atoms with E-state index in [1.54, 1.807) is 24.4 Å². The summed E-state index contributed by atoms with van der Waals surface area (Å²) in [5, 5.41) is 17.8. The third kappa shape index (κ3) is 8.79. The van der Waals surface area contributed by atoms with Gasteiger partial charge in [0, 0.05) is 32.4 Å². The van der Waals surface area contributed by atoms with Crippen molar-refractivity contribution in [3.05, 3.63) is 71.8 Å². The standard InChI is InChI=1S/C41H52N8O5S/c1-5-27(3)35-41(54)48-32(18-12-20-42-48)40(53)49-34(22-26(2)25-43-49)38(51)46(4)33(24-29-16-10-7-11-17-29)39(52)47-21-13-19-31(47)36(50)44-30(37(55)45-35)23-28-14-8-6-9-15-28/h6-11,14-17,20,25-27,30-35H,5,12-13,18-19,21-24H2,1-4H3,(H,44,50)(H,45,55)/t26?,27?,30-,31+,32-,33-,34+,35+/m1/s1. The quantitative estimate of drug-likeness (QED) is 0.429. The SMILES string of the molecule is CCC(C)[C@@H]1NC(=S)[C@@H](Cc2ccccc2)NC(=O)[C@@H]2CCCN2C(=O)[C@@H](Cc2ccccc2)N(C)C(=O)[C@@H]2CC(C)C=NN2C(=O)[C@H]2CCC=NN2C1=O. The lowest BCUT2D eigenvalue weighted by Crippen LogP contribution is -2.63. The van der Waals surface area contributed by atoms with Crippen molar-refractivity contribution in [1.29, 1.82) is 0 Å². The number of nitrogens with zero attached hydrogens (tertiary/aromatic N) is 6. The van der Waals surface area contributed by atoms with Gasteiger partial charge < -0.3 is 20.4 Å². The number of likely N-dealkylation sites (N-methyl/N-ethyl adjacent to an activating group) is 1. The smallest absolute Gasteiger partial charge is 0.268 e. The number of fused-ring (bicyclic) bond motifs is 3. The Morgan fingerprint density at radius 3 is 2.13 bits per heavy atom. The molecule has 0 aliphatic carbocycles. The molecule has 55 heavy (non-hydrogen) atoms. The maximum absolute atomic E-state index is 14.8. The number of amides is 5. The van der Waals surface area contributed by atoms with Gasteiger partial charge >= 0.3 is 0 Å². The van der Waals surface area contributed by atoms with Crippen LogP contribution < -0.4 is 10.6 Å². The first-order valence-corrected chi connectivity index (χ1v) is 19.9. The summed E-state index contributed by atoms with van der Waals surface area (Å²) in [6.45, 7) is 6.15. The molecule has 4 heterocycles. The molecular weight excluding hydrogens is 717 g/mol. The van der Waals surface area contributed by atoms with Gasteiger partial charge in [0.15, 0.2) is 0 Å². The molecular formula is C41H52N8O5S. The average molecular weight is 769 g/mol. The van der Waals surface area contributed by atoms with E-state index in [4.69, 9.17) is 12.2 Å². The van der Waals surface area contributed by atoms with Crippen molar-refractivity contribution in [3.8, 4) is 0 Å². The Balaban J connectivity index is 1.45. The van der Waals surface area contributed by atoms with Gasteiger partial charge in [-0.05, 0) is 61.5 Å². The van der Waals surface area contributed by atoms with Crippen LogP contribution in [0.2, 0.25) is 0 Å². The van der Waals surface area contributed by atoms with Gasteiger partial charge in [0.1, 0.15) is 30.2 Å². The average Bonchev–Trinajstić information content (AvgIpc) is 3.71. The molecule has 8 atom stereocenters. The minimum Gasteiger partial charge on any atom is -0.366 e. The molecule has 6 rings (SSSR count). The number of thiocarbonyl (C=S) groups is 1. The van der Waals surface area contributed by atoms with Crippen LogP contribution >= 0.6 is 12.2 Å². The fourth-order valence-corrected chi connectivity index (χ4v) is 8.15. The predicted octanol–water partition coefficient (Wildman–Crippen LogP) is 3.32. The number of rotatable bonds is 6. The fourth-order valence-electron chi connectivity index (χ4n) is 7.88. The lowest BCUT2D eigenvalue weighted by molar-refractivity contribution is -0.156. The van der Waals surface area contributed by atoms with E-state index in [0.717, 1.165) is 11.1 Å². The minimum atomic E-state index is -1.03. The summed E-state index contributed by atoms with van der Waals surface area (Å²) in [6.07, 6.45) is 6.44. The number of benzene rings is 2. The molecule has 0 aromatic heterocycles. The normalized spacial score (nSPS) is 28.8. The molecule has 14 heteroatoms. The number of nitrogens with one attached hydrogen (secondary N) is 2. The van der Waals surface area contributed by atoms with Crippen molar-refractivity contribution in [2.45, 2.75) is 108 Å². The van der Waals surface area contributed by atoms with Crippen molar-refractivity contribution in [2.24, 2.45) is 22.0 Å². The number of carbonyl (C=O) groups is 5. The van der Waals surface area contributed by atoms with Crippen LogP contribution in [0, 0.1) is 11.8 Å². The molecule has 2 aromatic rings. The van der Waals surface area contributed by atoms with Crippen LogP contribution in [0.25, 0.3) is 0 Å². The molecule has 0 radical (unpaired) electrons. The first kappa shape index (κ1) is 39.7. The van der Waals surface area contributed by atoms with Gasteiger partial charge in [0.2, 0.25) is 17.7 Å². The highest BCUT2D eigenvalue weighted by Gasteiger charge is 2.47. The summed E-state index contributed by atoms with van der Waals surface area (Å²) in [4.78, 5) is 76.3. The number of carbonyl (C=O) groups excluding carboxylic acids is 5. The van der Waals surface area contributed by atoms with Gasteiger partial charge in [-0.25, -0.2) is 10.0 Å². The van der Waals surface area contributed by atoms with E-state index >= 15 is 0 Å². The summed E-state index contributed by atoms with van der Waals surface area (Å²) in [7, 11) is 1.58. The maximum atomic E-state index is 14.8. The van der Waals surface area contributed by atoms with Gasteiger partial charge in [-0.2, -0.15) is 10.2 Å². The van der Waals surface area contributed by atoms with Crippen LogP contribution in [0.4, 0.5) is 0 Å². The van der Waals surface area contributed by atoms with Crippen molar-refractivity contribution < 1.29 is 24.0 Å². The largest absolute Gasteiger partial charge is 0.366 e. The van der Waals surface area contributed by atoms with Crippen LogP contribution in [0.5, 0.6) is 0 Å². The second-order valence-corrected chi connectivity index (χ2v) is 15.7. The van der Waals surface area contributed by atoms with E-state index in [-0.39, 0.29) is 47.9 Å². The van der Waals surface area contributed by atoms with E-state index < -0.39 is 54.0 Å². The van der Waals surface area contributed by atoms with E-state index in [0.29, 0.717) is 38.6 Å². The van der Waals surface area contributed by atoms with Crippen LogP contribution in [0.15, 0.2) is 70.9 Å². The first-order chi connectivity index (χ1) is 26.5. The molecule has 2 aromatic carbocycles. The molecule has 4 aliphatic heterocycles. The zero-order valence-electron chi connectivity index (χ0n) is 32.0. The van der Waals surface area contributed by atoms with Crippen molar-refractivity contribution >= 4 is 59.2 Å². The van der Waals surface area contributed by atoms with Crippen molar-refractivity contribution in [2.75, 3.05) is 13.6 Å². The van der Waals surface area contributed by atoms with Crippen LogP contribution in [-0.4, -0.2) is 117 Å². The lowest BCUT2D eigenvalue weighted by atomic mass is 9.95. The highest BCUT2D eigenvalue weighted by Crippen LogP contribution is 2.28. The van der Waals surface area contributed by atoms with Gasteiger partial charge in [0.25, 0.3) is 11.8 Å². The van der Waals surface area contributed by atoms with Gasteiger partial charge in [-0.1, -0.05) is 100 Å². The maximum Gasteiger partial charge on any atom is 0.268 e. The van der Waals surface area contributed by atoms with Gasteiger partial charge in [-0.3, -0.25) is 24.0 Å². The third-order valence-corrected chi connectivity index (χ3v) is 11.7. The van der Waals surface area contributed by atoms with Crippen molar-refractivity contribution in [3.63, 3.8) is 0 Å². The molecule has 0 saturated carbocycles. The second-order valence-electron chi connectivity index (χ2n) is 15.2. The monoisotopic (exact) mass is 768 g/mol. The molecule has 0 bridgehead atoms. The Kier molecular flexibility index (Phi) is 12.7. The fraction of sp³-hybridized carbons (Fsp3) is 0.512. The summed E-state index contributed by atoms with van der Waals surface area (Å²) in [5.74, 6) is -2.49. The van der Waals surface area contributed by atoms with E-state index in [9.17, 15) is 24.0 Å². The van der Waals surface area contributed by atoms with Crippen LogP contribution in [0.3, 0.4) is 0 Å². The number of hydrogen-bond acceptors (Lipinski definition) is 8. The summed E-state index contributed by atoms with van der Waals surface area (Å²) < 4.78 is 0. The molecule has 2 N–H and O–H groups in total. The minimum absolute atomic E-state index is 0.134. The van der Waals surface area contributed by atoms with E-state index in [1.807, 2.05) is 81.4 Å². The molecule has 0 spiro atoms. The summed E-state index contributed by atoms with van der Waals surface area (Å²) in [6, 6.07) is 13.6. The zero-order valence-corrected chi connectivity index (χ0v) is 32.9. The van der Waals surface area contributed by atoms with E-state index in [2.05, 4.69) is 20.8 Å². The molecule has 4 aliphatic rings. The van der Waals surface area contributed by atoms with Crippen molar-refractivity contribution in [1.82, 2.24) is 30.5 Å². The Labute approximate surface area is 328 Å². The second kappa shape index (κ2) is 17.7. The third-order valence-electron chi connectivity index (χ3n) is 11.3. The van der Waals surface area contributed by atoms with E-state index in [1.165, 1.54) is 14.9 Å². The zero-order chi connectivity index (χ0) is 39.2. The number of hydrogen-bond donors (Lipinski definition) is 2. The van der Waals surface area contributed by atoms with Gasteiger partial charge in [0.05, 0.1) is 11.0 Å². The molecule has 5 amide bonds. The molecule has 13 nitrogen and oxygen atoms in total. The van der Waals surface area contributed by atoms with Crippen LogP contribution in [0.1, 0.15) is 70.4 Å². The topological polar surface area (TPSA) is 147 Å². The summed E-state index contributed by atoms with van der Waals surface area (Å²) >= 11 is 6.02. The molecule has 292 valence electrons. The molecule has 2 saturated heterocycles. The molecule has 2 unspecified atom stereocenters. The Morgan fingerprint density at radius 2 is 1.45 bits per heavy atom. The highest BCUT2D eigenvalue weighted by atomic mass is 32.1. The summed E-state index contributed by atoms with van der Waals surface area (Å²) in [5.41, 5.74) is 1.76. The van der Waals surface area contributed by atoms with Gasteiger partial charge in [-0.15, -0.1) is 0 Å². The molecule has 2 fully saturated rings. The predicted molar refractivity (Wildman–Crippen MR) is 214 cm³/mol. The Hall–Kier alpha value is -4.98. The number of hydrazone groups is 2. The highest BCUT2D eigenvalue weighted by molar-refractivity contribution is 7.80. The Bertz CT molecular complexity index is 1810. The Morgan fingerprint density at radius 1 is 0.800 bits per heavy atom. The van der Waals surface area contributed by atoms with Crippen LogP contribution in [-0.2, 0) is 36.8 Å². The lowest BCUT2D eigenvalue weighted by Gasteiger charge is -2.41.